The highest BCUT2D eigenvalue weighted by Crippen LogP contribution is 2.37. The molecule has 3 aliphatic heterocycles. The van der Waals surface area contributed by atoms with Crippen molar-refractivity contribution < 1.29 is 46.3 Å². The maximum atomic E-state index is 13.5. The van der Waals surface area contributed by atoms with Crippen LogP contribution in [0.2, 0.25) is 0 Å². The number of Topliss-reactive ketones (excluding diaryl/α,β-unsaturated/α-hetero) is 1. The lowest BCUT2D eigenvalue weighted by atomic mass is 9.83. The topological polar surface area (TPSA) is 122 Å². The van der Waals surface area contributed by atoms with Crippen molar-refractivity contribution in [1.29, 1.82) is 0 Å². The summed E-state index contributed by atoms with van der Waals surface area (Å²) in [5, 5.41) is 12.1. The molecule has 0 aliphatic carbocycles. The van der Waals surface area contributed by atoms with E-state index in [9.17, 15) is 22.8 Å². The molecule has 1 N–H and O–H groups in total. The van der Waals surface area contributed by atoms with Crippen LogP contribution in [0.5, 0.6) is 0 Å². The summed E-state index contributed by atoms with van der Waals surface area (Å²) in [7, 11) is 0. The second kappa shape index (κ2) is 12.8. The van der Waals surface area contributed by atoms with Crippen LogP contribution < -0.4 is 10.4 Å². The lowest BCUT2D eigenvalue weighted by molar-refractivity contribution is -0.938. The molecular formula is C30H32F3N3O6. The van der Waals surface area contributed by atoms with Crippen molar-refractivity contribution in [3.63, 3.8) is 0 Å². The molecule has 6 rings (SSSR count). The van der Waals surface area contributed by atoms with Gasteiger partial charge in [-0.25, -0.2) is 9.78 Å². The molecule has 3 aliphatic rings. The molecule has 3 fully saturated rings. The zero-order valence-corrected chi connectivity index (χ0v) is 23.2. The number of rotatable bonds is 8. The molecule has 0 radical (unpaired) electrons. The van der Waals surface area contributed by atoms with Gasteiger partial charge in [0.15, 0.2) is 23.8 Å². The Morgan fingerprint density at radius 3 is 2.14 bits per heavy atom. The van der Waals surface area contributed by atoms with E-state index in [1.54, 1.807) is 13.8 Å². The smallest absolute Gasteiger partial charge is 0.430 e. The number of piperidine rings is 3. The normalized spacial score (nSPS) is 21.9. The first-order chi connectivity index (χ1) is 19.9. The highest BCUT2D eigenvalue weighted by molar-refractivity contribution is 5.95. The Kier molecular flexibility index (Phi) is 9.35. The molecule has 0 spiro atoms. The number of hydrogen-bond acceptors (Lipinski definition) is 8. The lowest BCUT2D eigenvalue weighted by Gasteiger charge is -2.51. The first-order valence-electron chi connectivity index (χ1n) is 13.5. The number of benzene rings is 2. The third kappa shape index (κ3) is 7.55. The number of fused-ring (bicyclic) bond motifs is 3. The van der Waals surface area contributed by atoms with Crippen molar-refractivity contribution in [1.82, 2.24) is 4.98 Å². The number of hydrogen-bond donors (Lipinski definition) is 1. The fraction of sp³-hybridized carbons (Fsp3) is 0.400. The fourth-order valence-electron chi connectivity index (χ4n) is 5.59. The number of ketones is 1. The van der Waals surface area contributed by atoms with Crippen molar-refractivity contribution in [2.75, 3.05) is 31.5 Å². The van der Waals surface area contributed by atoms with Gasteiger partial charge in [0.05, 0.1) is 18.8 Å². The van der Waals surface area contributed by atoms with E-state index in [2.05, 4.69) is 10.3 Å². The average molecular weight is 588 g/mol. The fourth-order valence-corrected chi connectivity index (χ4v) is 5.59. The predicted octanol–water partition coefficient (Wildman–Crippen LogP) is 3.78. The summed E-state index contributed by atoms with van der Waals surface area (Å²) in [6, 6.07) is 18.8. The number of halogens is 3. The van der Waals surface area contributed by atoms with Crippen molar-refractivity contribution >= 4 is 23.4 Å². The average Bonchev–Trinajstić information content (AvgIpc) is 3.30. The van der Waals surface area contributed by atoms with Crippen LogP contribution >= 0.6 is 0 Å². The summed E-state index contributed by atoms with van der Waals surface area (Å²) in [6.45, 7) is 6.40. The van der Waals surface area contributed by atoms with Gasteiger partial charge < -0.3 is 28.9 Å². The minimum Gasteiger partial charge on any atom is -0.542 e. The molecule has 4 heterocycles. The number of para-hydroxylation sites is 1. The Hall–Kier alpha value is -4.19. The molecule has 0 amide bonds. The Balaban J connectivity index is 0.000000517. The summed E-state index contributed by atoms with van der Waals surface area (Å²) in [5.74, 6) is -2.13. The third-order valence-corrected chi connectivity index (χ3v) is 7.63. The number of carboxylic acids is 1. The largest absolute Gasteiger partial charge is 0.542 e. The van der Waals surface area contributed by atoms with E-state index >= 15 is 0 Å². The Labute approximate surface area is 240 Å². The second-order valence-electron chi connectivity index (χ2n) is 10.7. The number of aromatic nitrogens is 1. The number of anilines is 1. The van der Waals surface area contributed by atoms with E-state index in [0.29, 0.717) is 40.8 Å². The van der Waals surface area contributed by atoms with Gasteiger partial charge in [0.2, 0.25) is 0 Å². The summed E-state index contributed by atoms with van der Waals surface area (Å²) in [5.41, 5.74) is 2.36. The highest BCUT2D eigenvalue weighted by Gasteiger charge is 2.49. The number of oxazole rings is 1. The number of aryl methyl sites for hydroxylation is 2. The van der Waals surface area contributed by atoms with E-state index in [1.165, 1.54) is 0 Å². The number of carboxylic acid groups (broad SMARTS) is 1. The molecule has 1 aromatic heterocycles. The van der Waals surface area contributed by atoms with Gasteiger partial charge in [0, 0.05) is 31.4 Å². The summed E-state index contributed by atoms with van der Waals surface area (Å²) >= 11 is 0. The molecule has 12 heteroatoms. The number of quaternary nitrogens is 1. The van der Waals surface area contributed by atoms with Crippen LogP contribution in [-0.2, 0) is 14.3 Å². The number of nitrogens with one attached hydrogen (secondary N) is 1. The van der Waals surface area contributed by atoms with E-state index in [-0.39, 0.29) is 17.9 Å². The van der Waals surface area contributed by atoms with Gasteiger partial charge in [-0.05, 0) is 24.6 Å². The van der Waals surface area contributed by atoms with Crippen LogP contribution in [-0.4, -0.2) is 65.6 Å². The molecular weight excluding hydrogens is 555 g/mol. The molecule has 224 valence electrons. The zero-order chi connectivity index (χ0) is 30.5. The van der Waals surface area contributed by atoms with Crippen LogP contribution in [0.15, 0.2) is 65.1 Å². The Morgan fingerprint density at radius 2 is 1.62 bits per heavy atom. The van der Waals surface area contributed by atoms with Crippen molar-refractivity contribution in [3.8, 4) is 0 Å². The number of esters is 1. The van der Waals surface area contributed by atoms with Crippen molar-refractivity contribution in [2.24, 2.45) is 5.92 Å². The van der Waals surface area contributed by atoms with E-state index in [4.69, 9.17) is 19.1 Å². The highest BCUT2D eigenvalue weighted by atomic mass is 19.4. The van der Waals surface area contributed by atoms with Gasteiger partial charge in [-0.3, -0.25) is 4.79 Å². The van der Waals surface area contributed by atoms with Gasteiger partial charge in [0.25, 0.3) is 5.78 Å². The molecule has 9 nitrogen and oxygen atoms in total. The van der Waals surface area contributed by atoms with Crippen LogP contribution in [0.1, 0.15) is 46.6 Å². The second-order valence-corrected chi connectivity index (χ2v) is 10.7. The molecule has 2 aromatic carbocycles. The number of alkyl halides is 3. The molecule has 2 atom stereocenters. The molecule has 1 unspecified atom stereocenters. The molecule has 2 bridgehead atoms. The van der Waals surface area contributed by atoms with Gasteiger partial charge in [-0.2, -0.15) is 13.2 Å². The first-order valence-corrected chi connectivity index (χ1v) is 13.5. The number of nitrogens with zero attached hydrogens (tertiary/aromatic N) is 2. The van der Waals surface area contributed by atoms with E-state index in [1.807, 2.05) is 60.7 Å². The molecule has 42 heavy (non-hydrogen) atoms. The van der Waals surface area contributed by atoms with E-state index < -0.39 is 18.2 Å². The van der Waals surface area contributed by atoms with E-state index in [0.717, 1.165) is 37.2 Å². The van der Waals surface area contributed by atoms with Crippen molar-refractivity contribution in [3.05, 3.63) is 83.6 Å². The SMILES string of the molecule is Cc1nc(C)c(C(=O)C[N+]23CCC(CC2)[C@@H](OC(=O)C(Nc2ccccc2)c2ccccc2)C3)o1.O=C([O-])C(F)(F)F. The number of carbonyl (C=O) groups is 3. The van der Waals surface area contributed by atoms with Gasteiger partial charge in [-0.1, -0.05) is 48.5 Å². The van der Waals surface area contributed by atoms with Crippen LogP contribution in [0.4, 0.5) is 18.9 Å². The summed E-state index contributed by atoms with van der Waals surface area (Å²) in [4.78, 5) is 39.6. The molecule has 3 aromatic rings. The molecule has 0 saturated carbocycles. The summed E-state index contributed by atoms with van der Waals surface area (Å²) in [6.07, 6.45) is -3.51. The minimum atomic E-state index is -5.19. The van der Waals surface area contributed by atoms with Crippen molar-refractivity contribution in [2.45, 2.75) is 45.0 Å². The van der Waals surface area contributed by atoms with Crippen LogP contribution in [0, 0.1) is 19.8 Å². The Bertz CT molecular complexity index is 1390. The van der Waals surface area contributed by atoms with Gasteiger partial charge in [0.1, 0.15) is 19.1 Å². The number of aliphatic carboxylic acids is 1. The summed E-state index contributed by atoms with van der Waals surface area (Å²) < 4.78 is 44.0. The van der Waals surface area contributed by atoms with Gasteiger partial charge in [-0.15, -0.1) is 0 Å². The number of ether oxygens (including phenoxy) is 1. The predicted molar refractivity (Wildman–Crippen MR) is 143 cm³/mol. The quantitative estimate of drug-likeness (QED) is 0.240. The minimum absolute atomic E-state index is 0.0265. The maximum absolute atomic E-state index is 13.5. The van der Waals surface area contributed by atoms with Gasteiger partial charge >= 0.3 is 12.1 Å². The zero-order valence-electron chi connectivity index (χ0n) is 23.2. The maximum Gasteiger partial charge on any atom is 0.430 e. The van der Waals surface area contributed by atoms with Crippen LogP contribution in [0.25, 0.3) is 0 Å². The third-order valence-electron chi connectivity index (χ3n) is 7.63. The lowest BCUT2D eigenvalue weighted by Crippen LogP contribution is -2.65. The molecule has 3 saturated heterocycles. The Morgan fingerprint density at radius 1 is 1.05 bits per heavy atom. The first kappa shape index (κ1) is 30.8. The monoisotopic (exact) mass is 587 g/mol. The standard InChI is InChI=1S/C28H32N3O4.C2HF3O2/c1-19-27(34-20(2)29-19)24(32)17-31-15-13-21(14-16-31)25(18-31)35-28(33)26(22-9-5-3-6-10-22)30-23-11-7-4-8-12-23;3-2(4,5)1(6)7/h3-12,21,25-26,30H,13-18H2,1-2H3;(H,6,7)/q+1;/p-1/t21?,25-,26?,31?;/m0./s1. The van der Waals surface area contributed by atoms with Crippen LogP contribution in [0.3, 0.4) is 0 Å². The number of carbonyl (C=O) groups excluding carboxylic acids is 3.